The molecule has 0 spiro atoms. The van der Waals surface area contributed by atoms with Crippen molar-refractivity contribution in [1.29, 1.82) is 0 Å². The number of carbonyl (C=O) groups excluding carboxylic acids is 2. The van der Waals surface area contributed by atoms with Crippen LogP contribution in [0.5, 0.6) is 0 Å². The smallest absolute Gasteiger partial charge is 0.306 e. The van der Waals surface area contributed by atoms with Gasteiger partial charge in [0.05, 0.1) is 19.8 Å². The first-order valence-corrected chi connectivity index (χ1v) is 19.4. The van der Waals surface area contributed by atoms with Crippen LogP contribution >= 0.6 is 7.82 Å². The summed E-state index contributed by atoms with van der Waals surface area (Å²) < 4.78 is 32.1. The molecule has 0 aromatic rings. The maximum absolute atomic E-state index is 12.5. The highest BCUT2D eigenvalue weighted by Gasteiger charge is 2.21. The van der Waals surface area contributed by atoms with Crippen LogP contribution < -0.4 is 4.89 Å². The molecule has 0 bridgehead atoms. The Bertz CT molecular complexity index is 736. The molecule has 2 N–H and O–H groups in total. The zero-order chi connectivity index (χ0) is 33.4. The van der Waals surface area contributed by atoms with Gasteiger partial charge in [0.2, 0.25) is 0 Å². The number of rotatable bonds is 34. The van der Waals surface area contributed by atoms with E-state index in [0.717, 1.165) is 38.5 Å². The molecule has 3 atom stereocenters. The van der Waals surface area contributed by atoms with Gasteiger partial charge in [-0.3, -0.25) is 14.2 Å². The number of carbonyl (C=O) groups is 2. The second kappa shape index (κ2) is 31.6. The van der Waals surface area contributed by atoms with Crippen LogP contribution in [-0.4, -0.2) is 60.8 Å². The molecule has 0 heterocycles. The zero-order valence-electron chi connectivity index (χ0n) is 28.6. The number of esters is 2. The van der Waals surface area contributed by atoms with Crippen LogP contribution in [0.25, 0.3) is 0 Å². The summed E-state index contributed by atoms with van der Waals surface area (Å²) in [7, 11) is -4.85. The lowest BCUT2D eigenvalue weighted by Crippen LogP contribution is -2.30. The average Bonchev–Trinajstić information content (AvgIpc) is 3.02. The van der Waals surface area contributed by atoms with Gasteiger partial charge in [-0.25, -0.2) is 0 Å². The molecule has 0 aliphatic rings. The molecule has 0 radical (unpaired) electrons. The Hall–Kier alpha value is -1.03. The largest absolute Gasteiger partial charge is 0.756 e. The fourth-order valence-electron chi connectivity index (χ4n) is 4.93. The summed E-state index contributed by atoms with van der Waals surface area (Å²) in [6, 6.07) is 0. The number of phosphoric acid groups is 1. The quantitative estimate of drug-likeness (QED) is 0.0397. The Labute approximate surface area is 273 Å². The van der Waals surface area contributed by atoms with Gasteiger partial charge in [-0.15, -0.1) is 0 Å². The summed E-state index contributed by atoms with van der Waals surface area (Å²) >= 11 is 0. The minimum absolute atomic E-state index is 0.175. The number of aliphatic hydroxyl groups is 2. The fourth-order valence-corrected chi connectivity index (χ4v) is 5.71. The summed E-state index contributed by atoms with van der Waals surface area (Å²) in [5.41, 5.74) is 0. The molecule has 11 heteroatoms. The molecule has 0 rings (SSSR count). The molecule has 0 amide bonds. The van der Waals surface area contributed by atoms with Crippen molar-refractivity contribution >= 4 is 19.8 Å². The van der Waals surface area contributed by atoms with Crippen molar-refractivity contribution in [3.05, 3.63) is 0 Å². The summed E-state index contributed by atoms with van der Waals surface area (Å²) in [6.07, 6.45) is 23.4. The third kappa shape index (κ3) is 31.3. The Kier molecular flexibility index (Phi) is 30.8. The molecule has 0 aromatic carbocycles. The third-order valence-electron chi connectivity index (χ3n) is 7.75. The highest BCUT2D eigenvalue weighted by Crippen LogP contribution is 2.38. The van der Waals surface area contributed by atoms with E-state index in [9.17, 15) is 24.2 Å². The lowest BCUT2D eigenvalue weighted by atomic mass is 10.1. The molecule has 0 aliphatic heterocycles. The van der Waals surface area contributed by atoms with Gasteiger partial charge in [-0.2, -0.15) is 0 Å². The first kappa shape index (κ1) is 44.0. The third-order valence-corrected chi connectivity index (χ3v) is 8.68. The van der Waals surface area contributed by atoms with Crippen molar-refractivity contribution in [2.75, 3.05) is 26.4 Å². The fraction of sp³-hybridized carbons (Fsp3) is 0.941. The predicted octanol–water partition coefficient (Wildman–Crippen LogP) is 7.70. The van der Waals surface area contributed by atoms with Crippen LogP contribution in [0.3, 0.4) is 0 Å². The van der Waals surface area contributed by atoms with Gasteiger partial charge in [0.25, 0.3) is 7.82 Å². The van der Waals surface area contributed by atoms with Crippen LogP contribution in [0.15, 0.2) is 0 Å². The number of ether oxygens (including phenoxy) is 2. The zero-order valence-corrected chi connectivity index (χ0v) is 29.5. The Morgan fingerprint density at radius 2 is 0.978 bits per heavy atom. The van der Waals surface area contributed by atoms with E-state index >= 15 is 0 Å². The lowest BCUT2D eigenvalue weighted by Gasteiger charge is -2.26. The van der Waals surface area contributed by atoms with E-state index in [1.54, 1.807) is 0 Å². The van der Waals surface area contributed by atoms with Crippen LogP contribution in [-0.2, 0) is 32.7 Å². The van der Waals surface area contributed by atoms with Crippen molar-refractivity contribution < 1.29 is 47.8 Å². The van der Waals surface area contributed by atoms with E-state index in [1.807, 2.05) is 0 Å². The van der Waals surface area contributed by atoms with Gasteiger partial charge in [0.1, 0.15) is 12.7 Å². The molecule has 0 aliphatic carbocycles. The molecule has 0 aromatic heterocycles. The lowest BCUT2D eigenvalue weighted by molar-refractivity contribution is -0.230. The standard InChI is InChI=1S/C34H67O10P/c1-3-5-7-9-11-13-15-17-19-21-23-25-33(37)41-29-32(30-43-45(39,40)42-28-31(36)27-35)44-34(38)26-24-22-20-18-16-14-12-10-8-6-4-2/h31-32,35-36H,3-30H2,1-2H3,(H,39,40)/p-1/t31?,32-/m1/s1. The molecule has 10 nitrogen and oxygen atoms in total. The minimum Gasteiger partial charge on any atom is -0.756 e. The maximum Gasteiger partial charge on any atom is 0.306 e. The first-order valence-electron chi connectivity index (χ1n) is 18.0. The van der Waals surface area contributed by atoms with Crippen molar-refractivity contribution in [3.63, 3.8) is 0 Å². The second-order valence-corrected chi connectivity index (χ2v) is 13.7. The molecular formula is C34H66O10P-. The van der Waals surface area contributed by atoms with Crippen molar-refractivity contribution in [1.82, 2.24) is 0 Å². The van der Waals surface area contributed by atoms with E-state index in [1.165, 1.54) is 89.9 Å². The van der Waals surface area contributed by atoms with Gasteiger partial charge in [0, 0.05) is 12.8 Å². The van der Waals surface area contributed by atoms with Crippen molar-refractivity contribution in [3.8, 4) is 0 Å². The van der Waals surface area contributed by atoms with Crippen LogP contribution in [0.2, 0.25) is 0 Å². The Balaban J connectivity index is 4.39. The molecule has 45 heavy (non-hydrogen) atoms. The highest BCUT2D eigenvalue weighted by atomic mass is 31.2. The van der Waals surface area contributed by atoms with Crippen molar-refractivity contribution in [2.24, 2.45) is 0 Å². The van der Waals surface area contributed by atoms with Crippen LogP contribution in [0.1, 0.15) is 168 Å². The Morgan fingerprint density at radius 3 is 1.40 bits per heavy atom. The normalized spacial score (nSPS) is 14.2. The number of hydrogen-bond acceptors (Lipinski definition) is 10. The molecule has 268 valence electrons. The van der Waals surface area contributed by atoms with Gasteiger partial charge in [0.15, 0.2) is 6.10 Å². The first-order chi connectivity index (χ1) is 21.7. The monoisotopic (exact) mass is 665 g/mol. The summed E-state index contributed by atoms with van der Waals surface area (Å²) in [4.78, 5) is 36.8. The van der Waals surface area contributed by atoms with Crippen LogP contribution in [0, 0.1) is 0 Å². The minimum atomic E-state index is -4.85. The van der Waals surface area contributed by atoms with Gasteiger partial charge >= 0.3 is 11.9 Å². The van der Waals surface area contributed by atoms with E-state index in [-0.39, 0.29) is 19.4 Å². The number of phosphoric ester groups is 1. The maximum atomic E-state index is 12.5. The molecule has 2 unspecified atom stereocenters. The van der Waals surface area contributed by atoms with E-state index in [2.05, 4.69) is 18.4 Å². The SMILES string of the molecule is CCCCCCCCCCCCCC(=O)OC[C@H](COP(=O)([O-])OCC(O)CO)OC(=O)CCCCCCCCCCCCC. The van der Waals surface area contributed by atoms with Gasteiger partial charge in [-0.1, -0.05) is 142 Å². The van der Waals surface area contributed by atoms with Gasteiger partial charge < -0.3 is 33.6 Å². The highest BCUT2D eigenvalue weighted by molar-refractivity contribution is 7.45. The second-order valence-electron chi connectivity index (χ2n) is 12.2. The average molecular weight is 666 g/mol. The summed E-state index contributed by atoms with van der Waals surface area (Å²) in [6.45, 7) is 2.17. The van der Waals surface area contributed by atoms with Crippen LogP contribution in [0.4, 0.5) is 0 Å². The van der Waals surface area contributed by atoms with E-state index in [4.69, 9.17) is 19.1 Å². The number of aliphatic hydroxyl groups excluding tert-OH is 2. The summed E-state index contributed by atoms with van der Waals surface area (Å²) in [5, 5.41) is 18.2. The molecule has 0 saturated heterocycles. The summed E-state index contributed by atoms with van der Waals surface area (Å²) in [5.74, 6) is -0.955. The predicted molar refractivity (Wildman–Crippen MR) is 176 cm³/mol. The number of unbranched alkanes of at least 4 members (excludes halogenated alkanes) is 20. The van der Waals surface area contributed by atoms with E-state index in [0.29, 0.717) is 12.8 Å². The van der Waals surface area contributed by atoms with E-state index < -0.39 is 51.8 Å². The molecule has 0 fully saturated rings. The Morgan fingerprint density at radius 1 is 0.600 bits per heavy atom. The number of hydrogen-bond donors (Lipinski definition) is 2. The molecule has 0 saturated carbocycles. The molecular weight excluding hydrogens is 599 g/mol. The van der Waals surface area contributed by atoms with Gasteiger partial charge in [-0.05, 0) is 12.8 Å². The van der Waals surface area contributed by atoms with Crippen molar-refractivity contribution in [2.45, 2.75) is 180 Å². The topological polar surface area (TPSA) is 152 Å².